The quantitative estimate of drug-likeness (QED) is 0.800. The third kappa shape index (κ3) is 2.59. The fourth-order valence-electron chi connectivity index (χ4n) is 2.90. The van der Waals surface area contributed by atoms with Crippen LogP contribution in [-0.4, -0.2) is 4.98 Å². The summed E-state index contributed by atoms with van der Waals surface area (Å²) in [5, 5.41) is 0. The largest absolute Gasteiger partial charge is 0.416 e. The maximum absolute atomic E-state index is 14.2. The topological polar surface area (TPSA) is 38.9 Å². The molecule has 0 bridgehead atoms. The van der Waals surface area contributed by atoms with Crippen LogP contribution in [0.1, 0.15) is 35.6 Å². The summed E-state index contributed by atoms with van der Waals surface area (Å²) in [6.45, 7) is 0. The zero-order chi connectivity index (χ0) is 15.9. The van der Waals surface area contributed by atoms with E-state index in [-0.39, 0.29) is 11.6 Å². The summed E-state index contributed by atoms with van der Waals surface area (Å²) >= 11 is 0. The standard InChI is InChI=1S/C16H14F4N2/c17-14-6-9(16(18,19)20)4-5-11(14)12-7-22-8-13-10(12)2-1-3-15(13)21/h4-8,15H,1-3,21H2/t15-/m1/s1. The van der Waals surface area contributed by atoms with Gasteiger partial charge in [-0.05, 0) is 42.5 Å². The third-order valence-corrected chi connectivity index (χ3v) is 4.02. The van der Waals surface area contributed by atoms with Gasteiger partial charge in [-0.2, -0.15) is 13.2 Å². The minimum absolute atomic E-state index is 0.131. The van der Waals surface area contributed by atoms with Crippen LogP contribution in [0, 0.1) is 5.82 Å². The molecule has 116 valence electrons. The van der Waals surface area contributed by atoms with E-state index in [0.29, 0.717) is 11.6 Å². The van der Waals surface area contributed by atoms with E-state index in [0.717, 1.165) is 42.5 Å². The Bertz CT molecular complexity index is 710. The number of alkyl halides is 3. The average molecular weight is 310 g/mol. The molecule has 1 aliphatic carbocycles. The van der Waals surface area contributed by atoms with Crippen molar-refractivity contribution in [2.24, 2.45) is 5.73 Å². The highest BCUT2D eigenvalue weighted by Crippen LogP contribution is 2.37. The number of nitrogens with two attached hydrogens (primary N) is 1. The van der Waals surface area contributed by atoms with Crippen LogP contribution in [0.15, 0.2) is 30.6 Å². The van der Waals surface area contributed by atoms with Gasteiger partial charge in [-0.25, -0.2) is 4.39 Å². The van der Waals surface area contributed by atoms with Crippen LogP contribution in [0.3, 0.4) is 0 Å². The first-order valence-electron chi connectivity index (χ1n) is 6.97. The highest BCUT2D eigenvalue weighted by molar-refractivity contribution is 5.69. The van der Waals surface area contributed by atoms with E-state index in [1.54, 1.807) is 6.20 Å². The third-order valence-electron chi connectivity index (χ3n) is 4.02. The first-order chi connectivity index (χ1) is 10.4. The molecule has 0 unspecified atom stereocenters. The van der Waals surface area contributed by atoms with Gasteiger partial charge in [0.25, 0.3) is 0 Å². The number of fused-ring (bicyclic) bond motifs is 1. The SMILES string of the molecule is N[C@@H]1CCCc2c(-c3ccc(C(F)(F)F)cc3F)cncc21. The Labute approximate surface area is 125 Å². The van der Waals surface area contributed by atoms with E-state index in [1.807, 2.05) is 0 Å². The second-order valence-electron chi connectivity index (χ2n) is 5.45. The number of halogens is 4. The van der Waals surface area contributed by atoms with Crippen molar-refractivity contribution in [2.75, 3.05) is 0 Å². The summed E-state index contributed by atoms with van der Waals surface area (Å²) < 4.78 is 52.1. The van der Waals surface area contributed by atoms with E-state index in [2.05, 4.69) is 4.98 Å². The van der Waals surface area contributed by atoms with E-state index in [1.165, 1.54) is 6.20 Å². The Morgan fingerprint density at radius 2 is 1.91 bits per heavy atom. The fraction of sp³-hybridized carbons (Fsp3) is 0.312. The molecule has 0 radical (unpaired) electrons. The van der Waals surface area contributed by atoms with Crippen molar-refractivity contribution in [1.82, 2.24) is 4.98 Å². The normalized spacial score (nSPS) is 18.1. The molecule has 0 saturated carbocycles. The summed E-state index contributed by atoms with van der Waals surface area (Å²) in [4.78, 5) is 4.07. The lowest BCUT2D eigenvalue weighted by atomic mass is 9.85. The van der Waals surface area contributed by atoms with Crippen molar-refractivity contribution in [1.29, 1.82) is 0 Å². The smallest absolute Gasteiger partial charge is 0.324 e. The molecule has 6 heteroatoms. The Morgan fingerprint density at radius 3 is 2.59 bits per heavy atom. The zero-order valence-electron chi connectivity index (χ0n) is 11.6. The summed E-state index contributed by atoms with van der Waals surface area (Å²) in [7, 11) is 0. The molecule has 0 spiro atoms. The van der Waals surface area contributed by atoms with Crippen LogP contribution in [0.5, 0.6) is 0 Å². The first kappa shape index (κ1) is 15.0. The monoisotopic (exact) mass is 310 g/mol. The number of pyridine rings is 1. The molecule has 0 fully saturated rings. The van der Waals surface area contributed by atoms with Gasteiger partial charge in [-0.3, -0.25) is 4.98 Å². The zero-order valence-corrected chi connectivity index (χ0v) is 11.6. The van der Waals surface area contributed by atoms with Crippen LogP contribution in [0.4, 0.5) is 17.6 Å². The van der Waals surface area contributed by atoms with Crippen molar-refractivity contribution in [2.45, 2.75) is 31.5 Å². The molecular weight excluding hydrogens is 296 g/mol. The molecule has 0 saturated heterocycles. The van der Waals surface area contributed by atoms with E-state index < -0.39 is 17.6 Å². The molecule has 1 aromatic heterocycles. The summed E-state index contributed by atoms with van der Waals surface area (Å²) in [5.74, 6) is -0.899. The second-order valence-corrected chi connectivity index (χ2v) is 5.45. The van der Waals surface area contributed by atoms with Crippen LogP contribution >= 0.6 is 0 Å². The van der Waals surface area contributed by atoms with Gasteiger partial charge in [0.2, 0.25) is 0 Å². The lowest BCUT2D eigenvalue weighted by Gasteiger charge is -2.24. The lowest BCUT2D eigenvalue weighted by Crippen LogP contribution is -2.18. The van der Waals surface area contributed by atoms with Gasteiger partial charge < -0.3 is 5.73 Å². The van der Waals surface area contributed by atoms with Gasteiger partial charge in [0, 0.05) is 29.6 Å². The molecule has 22 heavy (non-hydrogen) atoms. The number of rotatable bonds is 1. The highest BCUT2D eigenvalue weighted by Gasteiger charge is 2.31. The maximum atomic E-state index is 14.2. The van der Waals surface area contributed by atoms with Crippen LogP contribution in [-0.2, 0) is 12.6 Å². The lowest BCUT2D eigenvalue weighted by molar-refractivity contribution is -0.137. The van der Waals surface area contributed by atoms with Crippen molar-refractivity contribution in [3.8, 4) is 11.1 Å². The van der Waals surface area contributed by atoms with Gasteiger partial charge in [0.05, 0.1) is 5.56 Å². The Kier molecular flexibility index (Phi) is 3.64. The molecular formula is C16H14F4N2. The van der Waals surface area contributed by atoms with Crippen LogP contribution in [0.25, 0.3) is 11.1 Å². The van der Waals surface area contributed by atoms with Gasteiger partial charge in [-0.1, -0.05) is 6.07 Å². The van der Waals surface area contributed by atoms with Crippen molar-refractivity contribution in [3.63, 3.8) is 0 Å². The van der Waals surface area contributed by atoms with Crippen molar-refractivity contribution < 1.29 is 17.6 Å². The molecule has 3 rings (SSSR count). The van der Waals surface area contributed by atoms with Crippen molar-refractivity contribution >= 4 is 0 Å². The minimum atomic E-state index is -4.56. The van der Waals surface area contributed by atoms with Crippen LogP contribution < -0.4 is 5.73 Å². The maximum Gasteiger partial charge on any atom is 0.416 e. The van der Waals surface area contributed by atoms with Gasteiger partial charge in [-0.15, -0.1) is 0 Å². The molecule has 0 aliphatic heterocycles. The number of aromatic nitrogens is 1. The predicted molar refractivity (Wildman–Crippen MR) is 74.5 cm³/mol. The molecule has 0 amide bonds. The fourth-order valence-corrected chi connectivity index (χ4v) is 2.90. The molecule has 2 N–H and O–H groups in total. The highest BCUT2D eigenvalue weighted by atomic mass is 19.4. The predicted octanol–water partition coefficient (Wildman–Crippen LogP) is 4.24. The number of benzene rings is 1. The van der Waals surface area contributed by atoms with Gasteiger partial charge in [0.1, 0.15) is 5.82 Å². The molecule has 1 atom stereocenters. The van der Waals surface area contributed by atoms with Gasteiger partial charge in [0.15, 0.2) is 0 Å². The van der Waals surface area contributed by atoms with Gasteiger partial charge >= 0.3 is 6.18 Å². The summed E-state index contributed by atoms with van der Waals surface area (Å²) in [6.07, 6.45) is 1.01. The molecule has 2 nitrogen and oxygen atoms in total. The summed E-state index contributed by atoms with van der Waals surface area (Å²) in [6, 6.07) is 2.42. The van der Waals surface area contributed by atoms with Crippen molar-refractivity contribution in [3.05, 3.63) is 53.1 Å². The number of hydrogen-bond donors (Lipinski definition) is 1. The second kappa shape index (κ2) is 5.35. The Morgan fingerprint density at radius 1 is 1.14 bits per heavy atom. The first-order valence-corrected chi connectivity index (χ1v) is 6.97. The molecule has 1 aromatic carbocycles. The van der Waals surface area contributed by atoms with E-state index in [4.69, 9.17) is 5.73 Å². The number of hydrogen-bond acceptors (Lipinski definition) is 2. The minimum Gasteiger partial charge on any atom is -0.324 e. The average Bonchev–Trinajstić information content (AvgIpc) is 2.46. The van der Waals surface area contributed by atoms with E-state index >= 15 is 0 Å². The number of nitrogens with zero attached hydrogens (tertiary/aromatic N) is 1. The molecule has 1 heterocycles. The molecule has 1 aliphatic rings. The Balaban J connectivity index is 2.11. The molecule has 2 aromatic rings. The Hall–Kier alpha value is -1.95. The summed E-state index contributed by atoms with van der Waals surface area (Å²) in [5.41, 5.74) is 7.42. The van der Waals surface area contributed by atoms with E-state index in [9.17, 15) is 17.6 Å². The van der Waals surface area contributed by atoms with Crippen LogP contribution in [0.2, 0.25) is 0 Å².